The van der Waals surface area contributed by atoms with E-state index >= 15 is 0 Å². The third-order valence-corrected chi connectivity index (χ3v) is 5.64. The van der Waals surface area contributed by atoms with Gasteiger partial charge in [0, 0.05) is 17.4 Å². The smallest absolute Gasteiger partial charge is 0.251 e. The summed E-state index contributed by atoms with van der Waals surface area (Å²) in [5, 5.41) is 22.7. The van der Waals surface area contributed by atoms with E-state index in [0.717, 1.165) is 11.3 Å². The number of rotatable bonds is 6. The lowest BCUT2D eigenvalue weighted by atomic mass is 9.99. The minimum atomic E-state index is -0.795. The molecule has 1 atom stereocenters. The van der Waals surface area contributed by atoms with E-state index in [2.05, 4.69) is 25.7 Å². The fourth-order valence-corrected chi connectivity index (χ4v) is 4.05. The van der Waals surface area contributed by atoms with E-state index in [1.54, 1.807) is 19.1 Å². The normalized spacial score (nSPS) is 12.3. The Labute approximate surface area is 172 Å². The van der Waals surface area contributed by atoms with Crippen molar-refractivity contribution in [1.82, 2.24) is 20.4 Å². The number of benzene rings is 1. The highest BCUT2D eigenvalue weighted by Crippen LogP contribution is 2.39. The van der Waals surface area contributed by atoms with E-state index in [0.29, 0.717) is 27.5 Å². The lowest BCUT2D eigenvalue weighted by Crippen LogP contribution is -2.11. The minimum absolute atomic E-state index is 0.0728. The Balaban J connectivity index is 1.75. The fraction of sp³-hybridized carbons (Fsp3) is 0.158. The van der Waals surface area contributed by atoms with Crippen LogP contribution in [0.25, 0.3) is 21.6 Å². The van der Waals surface area contributed by atoms with Crippen molar-refractivity contribution in [2.24, 2.45) is 5.73 Å². The number of fused-ring (bicyclic) bond motifs is 1. The van der Waals surface area contributed by atoms with Gasteiger partial charge >= 0.3 is 0 Å². The number of carbonyl (C=O) groups excluding carboxylic acids is 1. The van der Waals surface area contributed by atoms with E-state index in [9.17, 15) is 18.7 Å². The fourth-order valence-electron chi connectivity index (χ4n) is 2.93. The van der Waals surface area contributed by atoms with Crippen LogP contribution in [0.3, 0.4) is 0 Å². The van der Waals surface area contributed by atoms with E-state index in [4.69, 9.17) is 5.73 Å². The number of amides is 1. The molecule has 0 spiro atoms. The van der Waals surface area contributed by atoms with E-state index < -0.39 is 23.5 Å². The van der Waals surface area contributed by atoms with Gasteiger partial charge in [0.15, 0.2) is 0 Å². The molecule has 8 nitrogen and oxygen atoms in total. The van der Waals surface area contributed by atoms with Crippen molar-refractivity contribution in [1.29, 1.82) is 0 Å². The van der Waals surface area contributed by atoms with Crippen LogP contribution in [0.4, 0.5) is 19.6 Å². The summed E-state index contributed by atoms with van der Waals surface area (Å²) in [5.74, 6) is -2.40. The molecule has 0 saturated heterocycles. The number of nitrogens with two attached hydrogens (primary N) is 1. The van der Waals surface area contributed by atoms with Crippen molar-refractivity contribution >= 4 is 39.2 Å². The topological polar surface area (TPSA) is 130 Å². The van der Waals surface area contributed by atoms with Gasteiger partial charge in [0.2, 0.25) is 5.65 Å². The van der Waals surface area contributed by atoms with Crippen LogP contribution in [0.2, 0.25) is 0 Å². The first-order valence-corrected chi connectivity index (χ1v) is 9.67. The minimum Gasteiger partial charge on any atom is -0.396 e. The molecule has 0 fully saturated rings. The Kier molecular flexibility index (Phi) is 5.14. The zero-order valence-corrected chi connectivity index (χ0v) is 16.4. The number of thiophene rings is 1. The van der Waals surface area contributed by atoms with Crippen LogP contribution in [-0.4, -0.2) is 38.0 Å². The first-order chi connectivity index (χ1) is 14.4. The van der Waals surface area contributed by atoms with Crippen molar-refractivity contribution in [2.75, 3.05) is 11.9 Å². The second kappa shape index (κ2) is 7.76. The van der Waals surface area contributed by atoms with Crippen LogP contribution in [0, 0.1) is 11.6 Å². The van der Waals surface area contributed by atoms with Crippen LogP contribution in [0.1, 0.15) is 28.8 Å². The molecular weight excluding hydrogens is 414 g/mol. The highest BCUT2D eigenvalue weighted by molar-refractivity contribution is 7.20. The van der Waals surface area contributed by atoms with Crippen LogP contribution in [-0.2, 0) is 0 Å². The van der Waals surface area contributed by atoms with Gasteiger partial charge < -0.3 is 16.2 Å². The van der Waals surface area contributed by atoms with Gasteiger partial charge in [0.1, 0.15) is 28.0 Å². The van der Waals surface area contributed by atoms with Crippen molar-refractivity contribution in [3.8, 4) is 10.4 Å². The third kappa shape index (κ3) is 3.60. The quantitative estimate of drug-likeness (QED) is 0.371. The third-order valence-electron chi connectivity index (χ3n) is 4.57. The van der Waals surface area contributed by atoms with Crippen LogP contribution >= 0.6 is 11.3 Å². The van der Waals surface area contributed by atoms with Gasteiger partial charge in [-0.15, -0.1) is 16.4 Å². The maximum atomic E-state index is 14.7. The molecule has 30 heavy (non-hydrogen) atoms. The molecule has 1 aromatic carbocycles. The standard InChI is InChI=1S/C19H16F2N6O2S/c1-8(7-28)9-4-11(20)16(12(21)5-9)14-6-10(17(22)29)19(30-14)24-15-3-2-13-18(23-15)26-27-25-13/h2-6,8,28H,7H2,1H3,(H2,22,29)(H2,23,24,25,26,27). The second-order valence-electron chi connectivity index (χ2n) is 6.65. The SMILES string of the molecule is CC(CO)c1cc(F)c(-c2cc(C(N)=O)c(Nc3ccc4n[nH]nc4n3)s2)c(F)c1. The molecule has 1 unspecified atom stereocenters. The van der Waals surface area contributed by atoms with Crippen molar-refractivity contribution in [3.05, 3.63) is 53.1 Å². The molecule has 4 aromatic rings. The van der Waals surface area contributed by atoms with Gasteiger partial charge in [0.25, 0.3) is 5.91 Å². The molecule has 154 valence electrons. The second-order valence-corrected chi connectivity index (χ2v) is 7.70. The van der Waals surface area contributed by atoms with Gasteiger partial charge in [-0.3, -0.25) is 4.79 Å². The molecule has 0 aliphatic carbocycles. The molecule has 1 amide bonds. The Morgan fingerprint density at radius 1 is 1.27 bits per heavy atom. The molecule has 3 heterocycles. The Bertz CT molecular complexity index is 1230. The van der Waals surface area contributed by atoms with Gasteiger partial charge in [-0.25, -0.2) is 13.8 Å². The Morgan fingerprint density at radius 3 is 2.67 bits per heavy atom. The average Bonchev–Trinajstić information content (AvgIpc) is 3.33. The summed E-state index contributed by atoms with van der Waals surface area (Å²) >= 11 is 0.966. The van der Waals surface area contributed by atoms with Crippen molar-refractivity contribution < 1.29 is 18.7 Å². The number of aliphatic hydroxyl groups excluding tert-OH is 1. The number of nitrogens with one attached hydrogen (secondary N) is 2. The van der Waals surface area contributed by atoms with E-state index in [1.165, 1.54) is 18.2 Å². The average molecular weight is 430 g/mol. The highest BCUT2D eigenvalue weighted by Gasteiger charge is 2.22. The maximum absolute atomic E-state index is 14.7. The summed E-state index contributed by atoms with van der Waals surface area (Å²) < 4.78 is 29.4. The molecular formula is C19H16F2N6O2S. The highest BCUT2D eigenvalue weighted by atomic mass is 32.1. The summed E-state index contributed by atoms with van der Waals surface area (Å²) in [5.41, 5.74) is 6.52. The van der Waals surface area contributed by atoms with Crippen molar-refractivity contribution in [2.45, 2.75) is 12.8 Å². The van der Waals surface area contributed by atoms with Gasteiger partial charge in [-0.1, -0.05) is 6.92 Å². The first kappa shape index (κ1) is 19.9. The monoisotopic (exact) mass is 430 g/mol. The van der Waals surface area contributed by atoms with Crippen molar-refractivity contribution in [3.63, 3.8) is 0 Å². The number of carbonyl (C=O) groups is 1. The number of hydrogen-bond acceptors (Lipinski definition) is 7. The number of H-pyrrole nitrogens is 1. The number of aromatic nitrogens is 4. The molecule has 0 radical (unpaired) electrons. The number of nitrogens with zero attached hydrogens (tertiary/aromatic N) is 3. The number of aliphatic hydroxyl groups is 1. The summed E-state index contributed by atoms with van der Waals surface area (Å²) in [4.78, 5) is 16.3. The maximum Gasteiger partial charge on any atom is 0.251 e. The largest absolute Gasteiger partial charge is 0.396 e. The summed E-state index contributed by atoms with van der Waals surface area (Å²) in [6.45, 7) is 1.42. The molecule has 0 saturated carbocycles. The zero-order chi connectivity index (χ0) is 21.4. The molecule has 11 heteroatoms. The van der Waals surface area contributed by atoms with Gasteiger partial charge in [-0.2, -0.15) is 10.3 Å². The molecule has 0 aliphatic rings. The Morgan fingerprint density at radius 2 is 2.00 bits per heavy atom. The number of aromatic amines is 1. The molecule has 0 bridgehead atoms. The van der Waals surface area contributed by atoms with Crippen LogP contribution in [0.5, 0.6) is 0 Å². The summed E-state index contributed by atoms with van der Waals surface area (Å²) in [6, 6.07) is 6.99. The summed E-state index contributed by atoms with van der Waals surface area (Å²) in [6.07, 6.45) is 0. The number of primary amides is 1. The molecule has 4 rings (SSSR count). The lowest BCUT2D eigenvalue weighted by Gasteiger charge is -2.11. The molecule has 3 aromatic heterocycles. The van der Waals surface area contributed by atoms with Crippen LogP contribution < -0.4 is 11.1 Å². The number of pyridine rings is 1. The van der Waals surface area contributed by atoms with Crippen LogP contribution in [0.15, 0.2) is 30.3 Å². The predicted molar refractivity (Wildman–Crippen MR) is 109 cm³/mol. The van der Waals surface area contributed by atoms with E-state index in [1.807, 2.05) is 0 Å². The lowest BCUT2D eigenvalue weighted by molar-refractivity contribution is 0.100. The Hall–Kier alpha value is -3.44. The molecule has 5 N–H and O–H groups in total. The number of hydrogen-bond donors (Lipinski definition) is 4. The van der Waals surface area contributed by atoms with Gasteiger partial charge in [-0.05, 0) is 35.9 Å². The summed E-state index contributed by atoms with van der Waals surface area (Å²) in [7, 11) is 0. The zero-order valence-electron chi connectivity index (χ0n) is 15.6. The first-order valence-electron chi connectivity index (χ1n) is 8.85. The number of halogens is 2. The molecule has 0 aliphatic heterocycles. The van der Waals surface area contributed by atoms with Gasteiger partial charge in [0.05, 0.1) is 11.1 Å². The van der Waals surface area contributed by atoms with E-state index in [-0.39, 0.29) is 22.6 Å². The number of anilines is 2. The predicted octanol–water partition coefficient (Wildman–Crippen LogP) is 3.30.